The molecule has 42 heavy (non-hydrogen) atoms. The van der Waals surface area contributed by atoms with Crippen LogP contribution in [0.1, 0.15) is 29.5 Å². The first kappa shape index (κ1) is 31.1. The number of hydrogen-bond donors (Lipinski definition) is 3. The second kappa shape index (κ2) is 14.4. The van der Waals surface area contributed by atoms with Crippen molar-refractivity contribution in [2.24, 2.45) is 5.73 Å². The van der Waals surface area contributed by atoms with Gasteiger partial charge in [-0.25, -0.2) is 8.42 Å². The number of halogens is 1. The van der Waals surface area contributed by atoms with Gasteiger partial charge in [0.05, 0.1) is 17.3 Å². The lowest BCUT2D eigenvalue weighted by atomic mass is 10.1. The van der Waals surface area contributed by atoms with Crippen molar-refractivity contribution >= 4 is 45.2 Å². The van der Waals surface area contributed by atoms with E-state index in [2.05, 4.69) is 29.2 Å². The van der Waals surface area contributed by atoms with Crippen LogP contribution in [0, 0.1) is 5.41 Å². The first-order chi connectivity index (χ1) is 20.1. The van der Waals surface area contributed by atoms with Crippen LogP contribution in [0.25, 0.3) is 6.08 Å². The summed E-state index contributed by atoms with van der Waals surface area (Å²) in [6, 6.07) is 22.0. The molecule has 0 spiro atoms. The van der Waals surface area contributed by atoms with Crippen LogP contribution in [0.3, 0.4) is 0 Å². The van der Waals surface area contributed by atoms with Crippen LogP contribution in [0.4, 0.5) is 5.69 Å². The molecule has 9 nitrogen and oxygen atoms in total. The number of nitrogens with one attached hydrogen (secondary N) is 1. The minimum atomic E-state index is -4.22. The van der Waals surface area contributed by atoms with E-state index in [-0.39, 0.29) is 29.2 Å². The molecule has 0 unspecified atom stereocenters. The predicted octanol–water partition coefficient (Wildman–Crippen LogP) is 4.64. The van der Waals surface area contributed by atoms with E-state index in [0.717, 1.165) is 43.2 Å². The van der Waals surface area contributed by atoms with Crippen LogP contribution >= 0.6 is 11.6 Å². The molecule has 4 rings (SSSR count). The van der Waals surface area contributed by atoms with E-state index < -0.39 is 21.7 Å². The van der Waals surface area contributed by atoms with E-state index in [0.29, 0.717) is 16.9 Å². The summed E-state index contributed by atoms with van der Waals surface area (Å²) in [5.74, 6) is -2.16. The number of nitrogens with two attached hydrogens (primary N) is 1. The monoisotopic (exact) mass is 610 g/mol. The number of carboxylic acids is 1. The number of carboxylic acid groups (broad SMARTS) is 1. The molecule has 0 aliphatic carbocycles. The van der Waals surface area contributed by atoms with E-state index in [1.54, 1.807) is 48.6 Å². The van der Waals surface area contributed by atoms with Crippen molar-refractivity contribution in [2.45, 2.75) is 25.4 Å². The molecule has 0 amide bonds. The van der Waals surface area contributed by atoms with Crippen LogP contribution in [0.15, 0.2) is 78.9 Å². The van der Waals surface area contributed by atoms with Crippen molar-refractivity contribution in [1.82, 2.24) is 4.90 Å². The average Bonchev–Trinajstić information content (AvgIpc) is 2.96. The number of benzene rings is 3. The van der Waals surface area contributed by atoms with Crippen molar-refractivity contribution in [3.8, 4) is 5.75 Å². The molecule has 0 atom stereocenters. The Morgan fingerprint density at radius 3 is 2.50 bits per heavy atom. The minimum absolute atomic E-state index is 0.0122. The number of carbonyl (C=O) groups is 1. The highest BCUT2D eigenvalue weighted by molar-refractivity contribution is 7.93. The third-order valence-corrected chi connectivity index (χ3v) is 8.95. The molecule has 1 aliphatic heterocycles. The van der Waals surface area contributed by atoms with Crippen molar-refractivity contribution in [3.05, 3.63) is 101 Å². The van der Waals surface area contributed by atoms with Gasteiger partial charge in [-0.3, -0.25) is 14.5 Å². The smallest absolute Gasteiger partial charge is 0.320 e. The van der Waals surface area contributed by atoms with Gasteiger partial charge in [0.2, 0.25) is 10.0 Å². The summed E-state index contributed by atoms with van der Waals surface area (Å²) in [6.07, 6.45) is 5.97. The van der Waals surface area contributed by atoms with Gasteiger partial charge < -0.3 is 20.5 Å². The maximum atomic E-state index is 13.0. The van der Waals surface area contributed by atoms with Gasteiger partial charge in [-0.1, -0.05) is 72.3 Å². The Morgan fingerprint density at radius 2 is 1.83 bits per heavy atom. The lowest BCUT2D eigenvalue weighted by Gasteiger charge is -2.32. The zero-order chi connectivity index (χ0) is 30.1. The van der Waals surface area contributed by atoms with Gasteiger partial charge in [0.25, 0.3) is 0 Å². The van der Waals surface area contributed by atoms with Gasteiger partial charge in [-0.05, 0) is 54.7 Å². The number of likely N-dealkylation sites (tertiary alicyclic amines) is 1. The molecule has 1 aliphatic rings. The number of piperidine rings is 1. The van der Waals surface area contributed by atoms with Gasteiger partial charge in [-0.2, -0.15) is 0 Å². The molecule has 0 bridgehead atoms. The lowest BCUT2D eigenvalue weighted by Crippen LogP contribution is -2.39. The molecule has 1 fully saturated rings. The van der Waals surface area contributed by atoms with E-state index >= 15 is 0 Å². The highest BCUT2D eigenvalue weighted by Crippen LogP contribution is 2.32. The standard InChI is InChI=1S/C31H35ClN4O5S/c32-28-21-26(11-12-29(28)41-27-14-18-35(19-15-27)17-13-23-6-2-1-3-7-23)36(42(39,40)22-30(37)38)16-5-9-24-8-4-10-25(20-24)31(33)34/h1-12,20-21,27H,13-19,22H2,(H3,33,34)(H,37,38). The summed E-state index contributed by atoms with van der Waals surface area (Å²) >= 11 is 6.55. The molecular formula is C31H35ClN4O5S. The minimum Gasteiger partial charge on any atom is -0.489 e. The van der Waals surface area contributed by atoms with Gasteiger partial charge in [-0.15, -0.1) is 0 Å². The maximum absolute atomic E-state index is 13.0. The Balaban J connectivity index is 1.41. The van der Waals surface area contributed by atoms with E-state index in [4.69, 9.17) is 27.5 Å². The van der Waals surface area contributed by atoms with Gasteiger partial charge in [0, 0.05) is 25.2 Å². The largest absolute Gasteiger partial charge is 0.489 e. The second-order valence-corrected chi connectivity index (χ2v) is 12.4. The molecule has 0 saturated carbocycles. The fraction of sp³-hybridized carbons (Fsp3) is 0.290. The summed E-state index contributed by atoms with van der Waals surface area (Å²) in [4.78, 5) is 13.7. The van der Waals surface area contributed by atoms with Crippen molar-refractivity contribution in [2.75, 3.05) is 36.2 Å². The van der Waals surface area contributed by atoms with Crippen LogP contribution in [0.5, 0.6) is 5.75 Å². The number of aliphatic carboxylic acids is 1. The number of sulfonamides is 1. The number of nitrogen functional groups attached to an aromatic ring is 1. The SMILES string of the molecule is N=C(N)c1cccc(C=CCN(c2ccc(OC3CCN(CCc4ccccc4)CC3)c(Cl)c2)S(=O)(=O)CC(=O)O)c1. The van der Waals surface area contributed by atoms with E-state index in [9.17, 15) is 18.3 Å². The molecule has 0 radical (unpaired) electrons. The highest BCUT2D eigenvalue weighted by Gasteiger charge is 2.26. The third kappa shape index (κ3) is 8.82. The fourth-order valence-corrected chi connectivity index (χ4v) is 6.25. The highest BCUT2D eigenvalue weighted by atomic mass is 35.5. The normalized spacial score (nSPS) is 14.6. The fourth-order valence-electron chi connectivity index (χ4n) is 4.81. The number of rotatable bonds is 13. The van der Waals surface area contributed by atoms with Crippen LogP contribution < -0.4 is 14.8 Å². The molecule has 11 heteroatoms. The number of hydrogen-bond acceptors (Lipinski definition) is 6. The predicted molar refractivity (Wildman–Crippen MR) is 167 cm³/mol. The van der Waals surface area contributed by atoms with E-state index in [1.165, 1.54) is 11.6 Å². The molecule has 0 aromatic heterocycles. The lowest BCUT2D eigenvalue weighted by molar-refractivity contribution is -0.134. The number of amidine groups is 1. The maximum Gasteiger partial charge on any atom is 0.320 e. The first-order valence-corrected chi connectivity index (χ1v) is 15.6. The third-order valence-electron chi connectivity index (χ3n) is 7.01. The Hall–Kier alpha value is -3.86. The van der Waals surface area contributed by atoms with E-state index in [1.807, 2.05) is 6.07 Å². The first-order valence-electron chi connectivity index (χ1n) is 13.7. The summed E-state index contributed by atoms with van der Waals surface area (Å²) in [7, 11) is -4.22. The molecule has 1 saturated heterocycles. The Labute approximate surface area is 251 Å². The summed E-state index contributed by atoms with van der Waals surface area (Å²) < 4.78 is 33.2. The molecule has 222 valence electrons. The van der Waals surface area contributed by atoms with Gasteiger partial charge in [0.1, 0.15) is 17.7 Å². The molecule has 4 N–H and O–H groups in total. The topological polar surface area (TPSA) is 137 Å². The quantitative estimate of drug-likeness (QED) is 0.189. The van der Waals surface area contributed by atoms with Crippen LogP contribution in [-0.2, 0) is 21.2 Å². The zero-order valence-corrected chi connectivity index (χ0v) is 24.7. The van der Waals surface area contributed by atoms with Crippen molar-refractivity contribution in [3.63, 3.8) is 0 Å². The number of anilines is 1. The van der Waals surface area contributed by atoms with Crippen molar-refractivity contribution < 1.29 is 23.1 Å². The Morgan fingerprint density at radius 1 is 1.10 bits per heavy atom. The molecule has 1 heterocycles. The van der Waals surface area contributed by atoms with Gasteiger partial charge >= 0.3 is 5.97 Å². The molecule has 3 aromatic carbocycles. The Bertz CT molecular complexity index is 1520. The second-order valence-electron chi connectivity index (χ2n) is 10.1. The Kier molecular flexibility index (Phi) is 10.6. The number of ether oxygens (including phenoxy) is 1. The van der Waals surface area contributed by atoms with Crippen LogP contribution in [-0.4, -0.2) is 68.3 Å². The van der Waals surface area contributed by atoms with Gasteiger partial charge in [0.15, 0.2) is 5.75 Å². The summed E-state index contributed by atoms with van der Waals surface area (Å²) in [6.45, 7) is 2.69. The average molecular weight is 611 g/mol. The molecule has 3 aromatic rings. The van der Waals surface area contributed by atoms with Crippen LogP contribution in [0.2, 0.25) is 5.02 Å². The zero-order valence-electron chi connectivity index (χ0n) is 23.2. The molecular weight excluding hydrogens is 576 g/mol. The summed E-state index contributed by atoms with van der Waals surface area (Å²) in [5.41, 5.74) is 8.35. The number of nitrogens with zero attached hydrogens (tertiary/aromatic N) is 2. The summed E-state index contributed by atoms with van der Waals surface area (Å²) in [5, 5.41) is 17.1. The van der Waals surface area contributed by atoms with Crippen molar-refractivity contribution in [1.29, 1.82) is 5.41 Å².